The van der Waals surface area contributed by atoms with Gasteiger partial charge in [-0.1, -0.05) is 65.6 Å². The molecule has 0 aliphatic rings. The van der Waals surface area contributed by atoms with Crippen molar-refractivity contribution in [1.29, 1.82) is 0 Å². The molecule has 31 heavy (non-hydrogen) atoms. The lowest BCUT2D eigenvalue weighted by atomic mass is 10.2. The zero-order chi connectivity index (χ0) is 21.9. The third kappa shape index (κ3) is 7.23. The van der Waals surface area contributed by atoms with Crippen molar-refractivity contribution in [1.82, 2.24) is 15.1 Å². The molecular formula is C22H26N4O3S2. The van der Waals surface area contributed by atoms with Gasteiger partial charge in [0.25, 0.3) is 0 Å². The lowest BCUT2D eigenvalue weighted by Crippen LogP contribution is -2.34. The van der Waals surface area contributed by atoms with E-state index in [1.807, 2.05) is 66.4 Å². The van der Waals surface area contributed by atoms with Crippen LogP contribution in [0.15, 0.2) is 58.9 Å². The van der Waals surface area contributed by atoms with Gasteiger partial charge in [-0.2, -0.15) is 0 Å². The molecule has 1 aromatic heterocycles. The summed E-state index contributed by atoms with van der Waals surface area (Å²) in [5.74, 6) is 1.09. The Kier molecular flexibility index (Phi) is 9.14. The van der Waals surface area contributed by atoms with E-state index in [-0.39, 0.29) is 5.91 Å². The number of nitrogens with zero attached hydrogens (tertiary/aromatic N) is 3. The summed E-state index contributed by atoms with van der Waals surface area (Å²) >= 11 is 2.80. The molecule has 0 spiro atoms. The highest BCUT2D eigenvalue weighted by Gasteiger charge is 2.16. The third-order valence-corrected chi connectivity index (χ3v) is 6.25. The van der Waals surface area contributed by atoms with Crippen LogP contribution in [0.3, 0.4) is 0 Å². The largest absolute Gasteiger partial charge is 0.492 e. The molecule has 1 heterocycles. The van der Waals surface area contributed by atoms with Crippen LogP contribution >= 0.6 is 23.1 Å². The monoisotopic (exact) mass is 458 g/mol. The lowest BCUT2D eigenvalue weighted by molar-refractivity contribution is -0.129. The number of nitrogens with one attached hydrogen (secondary N) is 1. The molecule has 0 fully saturated rings. The van der Waals surface area contributed by atoms with Crippen molar-refractivity contribution in [2.45, 2.75) is 17.8 Å². The van der Waals surface area contributed by atoms with E-state index in [1.54, 1.807) is 7.11 Å². The van der Waals surface area contributed by atoms with Crippen LogP contribution in [0, 0.1) is 0 Å². The second kappa shape index (κ2) is 12.3. The van der Waals surface area contributed by atoms with Crippen LogP contribution < -0.4 is 10.1 Å². The van der Waals surface area contributed by atoms with Crippen molar-refractivity contribution in [2.24, 2.45) is 0 Å². The Morgan fingerprint density at radius 3 is 2.68 bits per heavy atom. The number of aromatic nitrogens is 2. The fourth-order valence-corrected chi connectivity index (χ4v) is 4.46. The van der Waals surface area contributed by atoms with Crippen molar-refractivity contribution in [3.05, 3.63) is 60.2 Å². The van der Waals surface area contributed by atoms with Gasteiger partial charge < -0.3 is 19.7 Å². The predicted octanol–water partition coefficient (Wildman–Crippen LogP) is 4.45. The number of hydrogen-bond donors (Lipinski definition) is 1. The Bertz CT molecular complexity index is 953. The molecule has 1 N–H and O–H groups in total. The average molecular weight is 459 g/mol. The normalized spacial score (nSPS) is 10.6. The van der Waals surface area contributed by atoms with E-state index in [9.17, 15) is 4.79 Å². The number of benzene rings is 2. The van der Waals surface area contributed by atoms with E-state index in [1.165, 1.54) is 23.1 Å². The zero-order valence-electron chi connectivity index (χ0n) is 17.6. The Labute approximate surface area is 190 Å². The molecule has 1 amide bonds. The molecular weight excluding hydrogens is 432 g/mol. The standard InChI is InChI=1S/C22H26N4O3S2/c1-3-29-19-12-8-7-11-18(19)23-21-24-25-22(31-21)30-16-20(27)26(13-14-28-2)15-17-9-5-4-6-10-17/h4-12H,3,13-16H2,1-2H3,(H,23,24). The molecule has 0 saturated carbocycles. The van der Waals surface area contributed by atoms with Gasteiger partial charge in [0.1, 0.15) is 5.75 Å². The van der Waals surface area contributed by atoms with Gasteiger partial charge in [0.15, 0.2) is 4.34 Å². The van der Waals surface area contributed by atoms with E-state index in [0.29, 0.717) is 37.2 Å². The second-order valence-electron chi connectivity index (χ2n) is 6.51. The summed E-state index contributed by atoms with van der Waals surface area (Å²) in [7, 11) is 1.64. The lowest BCUT2D eigenvalue weighted by Gasteiger charge is -2.22. The van der Waals surface area contributed by atoms with Gasteiger partial charge in [-0.25, -0.2) is 0 Å². The Balaban J connectivity index is 1.57. The van der Waals surface area contributed by atoms with Crippen LogP contribution in [0.4, 0.5) is 10.8 Å². The smallest absolute Gasteiger partial charge is 0.233 e. The zero-order valence-corrected chi connectivity index (χ0v) is 19.2. The Morgan fingerprint density at radius 2 is 1.90 bits per heavy atom. The van der Waals surface area contributed by atoms with Crippen LogP contribution in [0.2, 0.25) is 0 Å². The van der Waals surface area contributed by atoms with E-state index >= 15 is 0 Å². The summed E-state index contributed by atoms with van der Waals surface area (Å²) in [6.07, 6.45) is 0. The highest BCUT2D eigenvalue weighted by atomic mass is 32.2. The maximum atomic E-state index is 12.8. The van der Waals surface area contributed by atoms with Gasteiger partial charge >= 0.3 is 0 Å². The van der Waals surface area contributed by atoms with Crippen LogP contribution in [0.1, 0.15) is 12.5 Å². The fourth-order valence-electron chi connectivity index (χ4n) is 2.80. The molecule has 0 bridgehead atoms. The SMILES string of the molecule is CCOc1ccccc1Nc1nnc(SCC(=O)N(CCOC)Cc2ccccc2)s1. The molecule has 3 rings (SSSR count). The molecule has 0 unspecified atom stereocenters. The minimum Gasteiger partial charge on any atom is -0.492 e. The second-order valence-corrected chi connectivity index (χ2v) is 8.71. The highest BCUT2D eigenvalue weighted by molar-refractivity contribution is 8.01. The first-order chi connectivity index (χ1) is 15.2. The van der Waals surface area contributed by atoms with Crippen molar-refractivity contribution < 1.29 is 14.3 Å². The van der Waals surface area contributed by atoms with Crippen LogP contribution in [-0.4, -0.2) is 53.6 Å². The van der Waals surface area contributed by atoms with Gasteiger partial charge in [0.2, 0.25) is 11.0 Å². The molecule has 0 radical (unpaired) electrons. The number of amides is 1. The van der Waals surface area contributed by atoms with Crippen molar-refractivity contribution >= 4 is 39.8 Å². The van der Waals surface area contributed by atoms with Gasteiger partial charge in [-0.05, 0) is 24.6 Å². The van der Waals surface area contributed by atoms with E-state index in [4.69, 9.17) is 9.47 Å². The quantitative estimate of drug-likeness (QED) is 0.402. The molecule has 0 aliphatic heterocycles. The summed E-state index contributed by atoms with van der Waals surface area (Å²) in [5, 5.41) is 12.3. The molecule has 7 nitrogen and oxygen atoms in total. The minimum atomic E-state index is 0.0392. The van der Waals surface area contributed by atoms with Crippen LogP contribution in [0.25, 0.3) is 0 Å². The Morgan fingerprint density at radius 1 is 1.13 bits per heavy atom. The number of carbonyl (C=O) groups excluding carboxylic acids is 1. The van der Waals surface area contributed by atoms with E-state index < -0.39 is 0 Å². The molecule has 2 aromatic carbocycles. The number of methoxy groups -OCH3 is 1. The fraction of sp³-hybridized carbons (Fsp3) is 0.318. The van der Waals surface area contributed by atoms with Crippen molar-refractivity contribution in [2.75, 3.05) is 37.9 Å². The molecule has 0 saturated heterocycles. The maximum Gasteiger partial charge on any atom is 0.233 e. The molecule has 0 aliphatic carbocycles. The first-order valence-electron chi connectivity index (χ1n) is 9.95. The average Bonchev–Trinajstić information content (AvgIpc) is 3.24. The van der Waals surface area contributed by atoms with Crippen LogP contribution in [-0.2, 0) is 16.1 Å². The van der Waals surface area contributed by atoms with Crippen molar-refractivity contribution in [3.63, 3.8) is 0 Å². The summed E-state index contributed by atoms with van der Waals surface area (Å²) < 4.78 is 11.5. The topological polar surface area (TPSA) is 76.6 Å². The van der Waals surface area contributed by atoms with Gasteiger partial charge in [-0.3, -0.25) is 4.79 Å². The van der Waals surface area contributed by atoms with Gasteiger partial charge in [0, 0.05) is 20.2 Å². The number of rotatable bonds is 12. The highest BCUT2D eigenvalue weighted by Crippen LogP contribution is 2.31. The predicted molar refractivity (Wildman–Crippen MR) is 125 cm³/mol. The van der Waals surface area contributed by atoms with E-state index in [0.717, 1.165) is 21.3 Å². The number of carbonyl (C=O) groups is 1. The van der Waals surface area contributed by atoms with Crippen LogP contribution in [0.5, 0.6) is 5.75 Å². The summed E-state index contributed by atoms with van der Waals surface area (Å²) in [4.78, 5) is 14.6. The summed E-state index contributed by atoms with van der Waals surface area (Å²) in [5.41, 5.74) is 1.93. The van der Waals surface area contributed by atoms with Crippen molar-refractivity contribution in [3.8, 4) is 5.75 Å². The molecule has 3 aromatic rings. The first kappa shape index (κ1) is 23.1. The number of thioether (sulfide) groups is 1. The molecule has 9 heteroatoms. The Hall–Kier alpha value is -2.62. The number of anilines is 2. The first-order valence-corrected chi connectivity index (χ1v) is 11.8. The number of ether oxygens (including phenoxy) is 2. The van der Waals surface area contributed by atoms with Gasteiger partial charge in [0.05, 0.1) is 24.7 Å². The van der Waals surface area contributed by atoms with E-state index in [2.05, 4.69) is 15.5 Å². The summed E-state index contributed by atoms with van der Waals surface area (Å²) in [6, 6.07) is 17.6. The summed E-state index contributed by atoms with van der Waals surface area (Å²) in [6.45, 7) is 4.12. The molecule has 0 atom stereocenters. The number of hydrogen-bond acceptors (Lipinski definition) is 8. The third-order valence-electron chi connectivity index (χ3n) is 4.29. The molecule has 164 valence electrons. The number of para-hydroxylation sites is 2. The van der Waals surface area contributed by atoms with Gasteiger partial charge in [-0.15, -0.1) is 10.2 Å². The maximum absolute atomic E-state index is 12.8. The minimum absolute atomic E-state index is 0.0392.